The largest absolute Gasteiger partial charge is 0.308 e. The number of nitrogens with zero attached hydrogens (tertiary/aromatic N) is 2. The molecule has 1 aliphatic rings. The van der Waals surface area contributed by atoms with Crippen LogP contribution in [-0.4, -0.2) is 28.1 Å². The van der Waals surface area contributed by atoms with Gasteiger partial charge in [0.15, 0.2) is 0 Å². The molecule has 3 aromatic rings. The first kappa shape index (κ1) is 22.3. The monoisotopic (exact) mass is 480 g/mol. The summed E-state index contributed by atoms with van der Waals surface area (Å²) < 4.78 is 2.97. The zero-order chi connectivity index (χ0) is 21.8. The Morgan fingerprint density at radius 3 is 2.42 bits per heavy atom. The van der Waals surface area contributed by atoms with Crippen LogP contribution in [0.5, 0.6) is 0 Å². The van der Waals surface area contributed by atoms with Crippen molar-refractivity contribution >= 4 is 26.8 Å². The summed E-state index contributed by atoms with van der Waals surface area (Å²) in [5.74, 6) is 0. The zero-order valence-corrected chi connectivity index (χ0v) is 20.3. The van der Waals surface area contributed by atoms with E-state index in [2.05, 4.69) is 46.8 Å². The van der Waals surface area contributed by atoms with Gasteiger partial charge in [-0.05, 0) is 81.3 Å². The summed E-state index contributed by atoms with van der Waals surface area (Å²) >= 11 is 3.54. The second-order valence-electron chi connectivity index (χ2n) is 9.01. The van der Waals surface area contributed by atoms with Crippen molar-refractivity contribution < 1.29 is 0 Å². The summed E-state index contributed by atoms with van der Waals surface area (Å²) in [6, 6.07) is 19.7. The zero-order valence-electron chi connectivity index (χ0n) is 18.7. The highest BCUT2D eigenvalue weighted by Crippen LogP contribution is 2.25. The van der Waals surface area contributed by atoms with Crippen molar-refractivity contribution in [3.8, 4) is 11.1 Å². The van der Waals surface area contributed by atoms with Crippen LogP contribution >= 0.6 is 15.9 Å². The molecule has 3 nitrogen and oxygen atoms in total. The van der Waals surface area contributed by atoms with Crippen molar-refractivity contribution in [2.75, 3.05) is 6.54 Å². The number of hydrogen-bond acceptors (Lipinski definition) is 2. The van der Waals surface area contributed by atoms with Crippen LogP contribution in [0, 0.1) is 0 Å². The first-order chi connectivity index (χ1) is 15.0. The third-order valence-electron chi connectivity index (χ3n) is 6.81. The topological polar surface area (TPSA) is 25.2 Å². The fourth-order valence-electron chi connectivity index (χ4n) is 5.07. The highest BCUT2D eigenvalue weighted by atomic mass is 79.9. The lowest BCUT2D eigenvalue weighted by atomic mass is 9.97. The minimum Gasteiger partial charge on any atom is -0.308 e. The van der Waals surface area contributed by atoms with Gasteiger partial charge in [0.05, 0.1) is 5.52 Å². The molecule has 0 bridgehead atoms. The van der Waals surface area contributed by atoms with Crippen molar-refractivity contribution in [2.24, 2.45) is 0 Å². The molecule has 1 aliphatic heterocycles. The molecule has 4 heteroatoms. The second-order valence-corrected chi connectivity index (χ2v) is 9.93. The van der Waals surface area contributed by atoms with E-state index in [-0.39, 0.29) is 5.56 Å². The van der Waals surface area contributed by atoms with E-state index in [0.717, 1.165) is 45.9 Å². The quantitative estimate of drug-likeness (QED) is 0.344. The Hall–Kier alpha value is -1.91. The van der Waals surface area contributed by atoms with E-state index in [4.69, 9.17) is 0 Å². The van der Waals surface area contributed by atoms with E-state index in [1.807, 2.05) is 47.0 Å². The summed E-state index contributed by atoms with van der Waals surface area (Å²) in [5.41, 5.74) is 2.88. The summed E-state index contributed by atoms with van der Waals surface area (Å²) in [6.45, 7) is 6.69. The van der Waals surface area contributed by atoms with Crippen LogP contribution in [0.3, 0.4) is 0 Å². The number of pyridine rings is 1. The first-order valence-electron chi connectivity index (χ1n) is 11.7. The molecule has 31 heavy (non-hydrogen) atoms. The summed E-state index contributed by atoms with van der Waals surface area (Å²) in [7, 11) is 0. The number of fused-ring (bicyclic) bond motifs is 1. The number of rotatable bonds is 7. The maximum Gasteiger partial charge on any atom is 0.258 e. The molecule has 2 aromatic carbocycles. The van der Waals surface area contributed by atoms with Gasteiger partial charge in [0, 0.05) is 28.7 Å². The van der Waals surface area contributed by atoms with Crippen LogP contribution in [0.1, 0.15) is 52.4 Å². The van der Waals surface area contributed by atoms with E-state index in [1.54, 1.807) is 0 Å². The molecule has 0 spiro atoms. The summed E-state index contributed by atoms with van der Waals surface area (Å²) in [4.78, 5) is 16.1. The van der Waals surface area contributed by atoms with Gasteiger partial charge < -0.3 is 4.57 Å². The highest BCUT2D eigenvalue weighted by Gasteiger charge is 2.23. The van der Waals surface area contributed by atoms with Gasteiger partial charge in [0.25, 0.3) is 5.56 Å². The summed E-state index contributed by atoms with van der Waals surface area (Å²) in [5, 5.41) is 1.12. The number of piperidine rings is 1. The minimum atomic E-state index is 0.107. The Kier molecular flexibility index (Phi) is 7.29. The van der Waals surface area contributed by atoms with Crippen molar-refractivity contribution in [2.45, 2.75) is 71.0 Å². The van der Waals surface area contributed by atoms with E-state index in [9.17, 15) is 4.79 Å². The number of halogens is 1. The molecule has 1 aromatic heterocycles. The SMILES string of the molecule is C[C@@H]1CCC[C@H](C)N1CCCCCn1c(=O)c(-c2cccc(Br)c2)cc2ccccc21. The molecule has 164 valence electrons. The van der Waals surface area contributed by atoms with E-state index in [0.29, 0.717) is 12.1 Å². The van der Waals surface area contributed by atoms with Gasteiger partial charge in [0.2, 0.25) is 0 Å². The number of likely N-dealkylation sites (tertiary alicyclic amines) is 1. The van der Waals surface area contributed by atoms with E-state index >= 15 is 0 Å². The molecule has 4 rings (SSSR count). The normalized spacial score (nSPS) is 19.7. The van der Waals surface area contributed by atoms with Gasteiger partial charge in [-0.15, -0.1) is 0 Å². The number of aromatic nitrogens is 1. The van der Waals surface area contributed by atoms with Gasteiger partial charge in [-0.1, -0.05) is 59.1 Å². The van der Waals surface area contributed by atoms with Crippen LogP contribution in [0.15, 0.2) is 63.9 Å². The predicted molar refractivity (Wildman–Crippen MR) is 135 cm³/mol. The number of para-hydroxylation sites is 1. The molecule has 0 aliphatic carbocycles. The Morgan fingerprint density at radius 1 is 0.903 bits per heavy atom. The molecule has 0 amide bonds. The Morgan fingerprint density at radius 2 is 1.65 bits per heavy atom. The van der Waals surface area contributed by atoms with E-state index < -0.39 is 0 Å². The number of aryl methyl sites for hydroxylation is 1. The molecule has 0 unspecified atom stereocenters. The molecule has 0 saturated carbocycles. The second kappa shape index (κ2) is 10.1. The fourth-order valence-corrected chi connectivity index (χ4v) is 5.47. The lowest BCUT2D eigenvalue weighted by Crippen LogP contribution is -2.44. The van der Waals surface area contributed by atoms with Gasteiger partial charge in [-0.3, -0.25) is 9.69 Å². The Bertz CT molecular complexity index is 1080. The molecule has 0 radical (unpaired) electrons. The minimum absolute atomic E-state index is 0.107. The maximum absolute atomic E-state index is 13.4. The van der Waals surface area contributed by atoms with Crippen LogP contribution in [-0.2, 0) is 6.54 Å². The van der Waals surface area contributed by atoms with Crippen LogP contribution < -0.4 is 5.56 Å². The highest BCUT2D eigenvalue weighted by molar-refractivity contribution is 9.10. The first-order valence-corrected chi connectivity index (χ1v) is 12.5. The fraction of sp³-hybridized carbons (Fsp3) is 0.444. The molecule has 2 atom stereocenters. The smallest absolute Gasteiger partial charge is 0.258 e. The third kappa shape index (κ3) is 5.12. The summed E-state index contributed by atoms with van der Waals surface area (Å²) in [6.07, 6.45) is 7.40. The Labute approximate surface area is 194 Å². The maximum atomic E-state index is 13.4. The van der Waals surface area contributed by atoms with Gasteiger partial charge >= 0.3 is 0 Å². The third-order valence-corrected chi connectivity index (χ3v) is 7.31. The van der Waals surface area contributed by atoms with Crippen LogP contribution in [0.4, 0.5) is 0 Å². The van der Waals surface area contributed by atoms with Crippen molar-refractivity contribution in [3.05, 3.63) is 69.4 Å². The lowest BCUT2D eigenvalue weighted by molar-refractivity contribution is 0.101. The lowest BCUT2D eigenvalue weighted by Gasteiger charge is -2.39. The molecule has 1 saturated heterocycles. The van der Waals surface area contributed by atoms with E-state index in [1.165, 1.54) is 32.2 Å². The number of unbranched alkanes of at least 4 members (excludes halogenated alkanes) is 2. The molecule has 1 fully saturated rings. The number of benzene rings is 2. The molecular formula is C27H33BrN2O. The Balaban J connectivity index is 1.49. The predicted octanol–water partition coefficient (Wildman–Crippen LogP) is 6.86. The van der Waals surface area contributed by atoms with Crippen molar-refractivity contribution in [1.82, 2.24) is 9.47 Å². The van der Waals surface area contributed by atoms with Gasteiger partial charge in [-0.25, -0.2) is 0 Å². The standard InChI is InChI=1S/C27H33BrN2O/c1-20-10-8-11-21(2)29(20)16-6-3-7-17-30-26-15-5-4-12-23(26)19-25(27(30)31)22-13-9-14-24(28)18-22/h4-5,9,12-15,18-21H,3,6-8,10-11,16-17H2,1-2H3/t20-,21+. The number of hydrogen-bond donors (Lipinski definition) is 0. The van der Waals surface area contributed by atoms with Gasteiger partial charge in [0.1, 0.15) is 0 Å². The van der Waals surface area contributed by atoms with Crippen LogP contribution in [0.2, 0.25) is 0 Å². The van der Waals surface area contributed by atoms with Gasteiger partial charge in [-0.2, -0.15) is 0 Å². The molecule has 0 N–H and O–H groups in total. The van der Waals surface area contributed by atoms with Crippen molar-refractivity contribution in [1.29, 1.82) is 0 Å². The molecular weight excluding hydrogens is 448 g/mol. The van der Waals surface area contributed by atoms with Crippen molar-refractivity contribution in [3.63, 3.8) is 0 Å². The average molecular weight is 481 g/mol. The molecule has 2 heterocycles. The van der Waals surface area contributed by atoms with Crippen LogP contribution in [0.25, 0.3) is 22.0 Å². The average Bonchev–Trinajstić information content (AvgIpc) is 2.76.